The van der Waals surface area contributed by atoms with Gasteiger partial charge in [-0.15, -0.1) is 0 Å². The molecule has 0 aliphatic rings. The Morgan fingerprint density at radius 2 is 2.20 bits per heavy atom. The fraction of sp³-hybridized carbons (Fsp3) is 0.429. The molecule has 0 radical (unpaired) electrons. The van der Waals surface area contributed by atoms with E-state index in [-0.39, 0.29) is 19.0 Å². The number of halogens is 1. The van der Waals surface area contributed by atoms with Gasteiger partial charge in [0.2, 0.25) is 0 Å². The first-order chi connectivity index (χ1) is 9.60. The number of aromatic nitrogens is 3. The lowest BCUT2D eigenvalue weighted by atomic mass is 10.2. The van der Waals surface area contributed by atoms with Crippen LogP contribution in [-0.2, 0) is 19.7 Å². The van der Waals surface area contributed by atoms with Gasteiger partial charge in [0.15, 0.2) is 5.82 Å². The number of rotatable bonds is 6. The molecule has 0 saturated carbocycles. The molecule has 6 heteroatoms. The van der Waals surface area contributed by atoms with Crippen LogP contribution in [0.4, 0.5) is 4.39 Å². The largest absolute Gasteiger partial charge is 0.486 e. The maximum Gasteiger partial charge on any atom is 0.164 e. The minimum atomic E-state index is -0.353. The number of nitrogens with zero attached hydrogens (tertiary/aromatic N) is 3. The summed E-state index contributed by atoms with van der Waals surface area (Å²) in [6.45, 7) is 5.42. The summed E-state index contributed by atoms with van der Waals surface area (Å²) in [6, 6.07) is 4.67. The molecule has 0 unspecified atom stereocenters. The summed E-state index contributed by atoms with van der Waals surface area (Å²) in [5.74, 6) is 1.30. The molecule has 0 saturated heterocycles. The Morgan fingerprint density at radius 3 is 2.85 bits per heavy atom. The molecule has 2 aromatic rings. The third-order valence-electron chi connectivity index (χ3n) is 2.85. The van der Waals surface area contributed by atoms with Gasteiger partial charge in [-0.2, -0.15) is 5.10 Å². The molecule has 2 rings (SSSR count). The van der Waals surface area contributed by atoms with Gasteiger partial charge in [-0.05, 0) is 12.0 Å². The zero-order valence-corrected chi connectivity index (χ0v) is 11.7. The molecule has 0 bridgehead atoms. The number of nitrogens with two attached hydrogens (primary N) is 1. The van der Waals surface area contributed by atoms with Crippen LogP contribution in [0, 0.1) is 11.7 Å². The molecule has 108 valence electrons. The first kappa shape index (κ1) is 14.5. The topological polar surface area (TPSA) is 66.0 Å². The van der Waals surface area contributed by atoms with Gasteiger partial charge in [-0.1, -0.05) is 19.9 Å². The van der Waals surface area contributed by atoms with Crippen LogP contribution in [0.3, 0.4) is 0 Å². The fourth-order valence-corrected chi connectivity index (χ4v) is 1.83. The molecule has 1 aromatic heterocycles. The zero-order chi connectivity index (χ0) is 14.5. The summed E-state index contributed by atoms with van der Waals surface area (Å²) >= 11 is 0. The molecule has 0 aliphatic carbocycles. The van der Waals surface area contributed by atoms with Gasteiger partial charge in [0.25, 0.3) is 0 Å². The van der Waals surface area contributed by atoms with E-state index in [9.17, 15) is 4.39 Å². The predicted molar refractivity (Wildman–Crippen MR) is 73.5 cm³/mol. The van der Waals surface area contributed by atoms with E-state index in [0.29, 0.717) is 17.2 Å². The van der Waals surface area contributed by atoms with E-state index >= 15 is 0 Å². The van der Waals surface area contributed by atoms with Gasteiger partial charge < -0.3 is 10.5 Å². The smallest absolute Gasteiger partial charge is 0.164 e. The van der Waals surface area contributed by atoms with Gasteiger partial charge in [0.1, 0.15) is 24.5 Å². The standard InChI is InChI=1S/C14H19FN4O/c1-10(2)7-19-14(17-9-18-19)8-20-12-4-3-11(6-16)13(15)5-12/h3-5,9-10H,6-8,16H2,1-2H3. The Kier molecular flexibility index (Phi) is 4.68. The highest BCUT2D eigenvalue weighted by Crippen LogP contribution is 2.17. The van der Waals surface area contributed by atoms with E-state index in [1.165, 1.54) is 12.4 Å². The van der Waals surface area contributed by atoms with Crippen molar-refractivity contribution >= 4 is 0 Å². The average Bonchev–Trinajstić information content (AvgIpc) is 2.83. The number of ether oxygens (including phenoxy) is 1. The van der Waals surface area contributed by atoms with Crippen molar-refractivity contribution in [3.8, 4) is 5.75 Å². The maximum absolute atomic E-state index is 13.6. The highest BCUT2D eigenvalue weighted by molar-refractivity contribution is 5.28. The highest BCUT2D eigenvalue weighted by atomic mass is 19.1. The van der Waals surface area contributed by atoms with E-state index in [1.807, 2.05) is 0 Å². The fourth-order valence-electron chi connectivity index (χ4n) is 1.83. The Morgan fingerprint density at radius 1 is 1.40 bits per heavy atom. The summed E-state index contributed by atoms with van der Waals surface area (Å²) in [5.41, 5.74) is 5.89. The van der Waals surface area contributed by atoms with E-state index in [0.717, 1.165) is 12.4 Å². The van der Waals surface area contributed by atoms with Crippen molar-refractivity contribution in [2.75, 3.05) is 0 Å². The molecule has 0 atom stereocenters. The van der Waals surface area contributed by atoms with Crippen LogP contribution >= 0.6 is 0 Å². The Hall–Kier alpha value is -1.95. The average molecular weight is 278 g/mol. The molecule has 0 aliphatic heterocycles. The second-order valence-corrected chi connectivity index (χ2v) is 5.00. The second kappa shape index (κ2) is 6.47. The lowest BCUT2D eigenvalue weighted by molar-refractivity contribution is 0.281. The van der Waals surface area contributed by atoms with Crippen molar-refractivity contribution in [3.05, 3.63) is 41.7 Å². The highest BCUT2D eigenvalue weighted by Gasteiger charge is 2.08. The van der Waals surface area contributed by atoms with E-state index in [1.54, 1.807) is 16.8 Å². The summed E-state index contributed by atoms with van der Waals surface area (Å²) in [4.78, 5) is 4.15. The van der Waals surface area contributed by atoms with Crippen LogP contribution in [0.15, 0.2) is 24.5 Å². The monoisotopic (exact) mass is 278 g/mol. The van der Waals surface area contributed by atoms with E-state index < -0.39 is 0 Å². The van der Waals surface area contributed by atoms with Crippen molar-refractivity contribution in [1.82, 2.24) is 14.8 Å². The molecule has 1 heterocycles. The molecule has 1 aromatic carbocycles. The molecule has 0 spiro atoms. The van der Waals surface area contributed by atoms with Gasteiger partial charge in [0.05, 0.1) is 0 Å². The van der Waals surface area contributed by atoms with Crippen LogP contribution in [0.25, 0.3) is 0 Å². The van der Waals surface area contributed by atoms with Crippen LogP contribution < -0.4 is 10.5 Å². The normalized spacial score (nSPS) is 11.1. The molecular formula is C14H19FN4O. The lowest BCUT2D eigenvalue weighted by Crippen LogP contribution is -2.12. The first-order valence-corrected chi connectivity index (χ1v) is 6.58. The summed E-state index contributed by atoms with van der Waals surface area (Å²) in [5, 5.41) is 4.15. The van der Waals surface area contributed by atoms with Crippen molar-refractivity contribution in [3.63, 3.8) is 0 Å². The number of hydrogen-bond acceptors (Lipinski definition) is 4. The Bertz CT molecular complexity index is 568. The Balaban J connectivity index is 2.02. The maximum atomic E-state index is 13.6. The van der Waals surface area contributed by atoms with Crippen LogP contribution in [0.1, 0.15) is 25.2 Å². The van der Waals surface area contributed by atoms with Crippen LogP contribution in [0.5, 0.6) is 5.75 Å². The number of hydrogen-bond donors (Lipinski definition) is 1. The first-order valence-electron chi connectivity index (χ1n) is 6.58. The third kappa shape index (κ3) is 3.54. The lowest BCUT2D eigenvalue weighted by Gasteiger charge is -2.10. The predicted octanol–water partition coefficient (Wildman–Crippen LogP) is 2.11. The quantitative estimate of drug-likeness (QED) is 0.879. The SMILES string of the molecule is CC(C)Cn1ncnc1COc1ccc(CN)c(F)c1. The molecule has 20 heavy (non-hydrogen) atoms. The van der Waals surface area contributed by atoms with Crippen molar-refractivity contribution in [2.24, 2.45) is 11.7 Å². The van der Waals surface area contributed by atoms with Gasteiger partial charge >= 0.3 is 0 Å². The van der Waals surface area contributed by atoms with E-state index in [2.05, 4.69) is 23.9 Å². The summed E-state index contributed by atoms with van der Waals surface area (Å²) in [6.07, 6.45) is 1.50. The van der Waals surface area contributed by atoms with E-state index in [4.69, 9.17) is 10.5 Å². The zero-order valence-electron chi connectivity index (χ0n) is 11.7. The van der Waals surface area contributed by atoms with Gasteiger partial charge in [-0.3, -0.25) is 0 Å². The minimum Gasteiger partial charge on any atom is -0.486 e. The number of benzene rings is 1. The third-order valence-corrected chi connectivity index (χ3v) is 2.85. The molecule has 0 amide bonds. The molecule has 0 fully saturated rings. The van der Waals surface area contributed by atoms with Gasteiger partial charge in [-0.25, -0.2) is 14.1 Å². The minimum absolute atomic E-state index is 0.175. The van der Waals surface area contributed by atoms with Crippen molar-refractivity contribution in [1.29, 1.82) is 0 Å². The second-order valence-electron chi connectivity index (χ2n) is 5.00. The Labute approximate surface area is 117 Å². The molecule has 5 nitrogen and oxygen atoms in total. The summed E-state index contributed by atoms with van der Waals surface area (Å²) < 4.78 is 20.9. The molecular weight excluding hydrogens is 259 g/mol. The summed E-state index contributed by atoms with van der Waals surface area (Å²) in [7, 11) is 0. The van der Waals surface area contributed by atoms with Gasteiger partial charge in [0, 0.05) is 24.7 Å². The van der Waals surface area contributed by atoms with Crippen LogP contribution in [0.2, 0.25) is 0 Å². The van der Waals surface area contributed by atoms with Crippen LogP contribution in [-0.4, -0.2) is 14.8 Å². The van der Waals surface area contributed by atoms with Crippen molar-refractivity contribution in [2.45, 2.75) is 33.5 Å². The molecule has 2 N–H and O–H groups in total. The van der Waals surface area contributed by atoms with Crippen molar-refractivity contribution < 1.29 is 9.13 Å².